The van der Waals surface area contributed by atoms with Crippen LogP contribution >= 0.6 is 0 Å². The molecule has 0 saturated carbocycles. The monoisotopic (exact) mass is 513 g/mol. The van der Waals surface area contributed by atoms with E-state index in [-0.39, 0.29) is 36.7 Å². The molecule has 0 radical (unpaired) electrons. The fraction of sp³-hybridized carbons (Fsp3) is 0.966. The van der Waals surface area contributed by atoms with Crippen molar-refractivity contribution < 1.29 is 28.5 Å². The van der Waals surface area contributed by atoms with Crippen LogP contribution in [0.4, 0.5) is 0 Å². The summed E-state index contributed by atoms with van der Waals surface area (Å²) in [5.41, 5.74) is 0. The fourth-order valence-electron chi connectivity index (χ4n) is 5.41. The highest BCUT2D eigenvalue weighted by Crippen LogP contribution is 2.39. The Bertz CT molecular complexity index is 586. The molecule has 0 aliphatic carbocycles. The van der Waals surface area contributed by atoms with Gasteiger partial charge in [-0.05, 0) is 33.7 Å². The van der Waals surface area contributed by atoms with E-state index in [1.54, 1.807) is 7.11 Å². The van der Waals surface area contributed by atoms with E-state index in [9.17, 15) is 4.79 Å². The third-order valence-corrected chi connectivity index (χ3v) is 7.32. The van der Waals surface area contributed by atoms with Gasteiger partial charge in [-0.2, -0.15) is 0 Å². The Morgan fingerprint density at radius 1 is 0.861 bits per heavy atom. The van der Waals surface area contributed by atoms with Gasteiger partial charge in [0.05, 0.1) is 13.0 Å². The first-order valence-electron chi connectivity index (χ1n) is 14.8. The van der Waals surface area contributed by atoms with E-state index < -0.39 is 12.1 Å². The van der Waals surface area contributed by atoms with Crippen LogP contribution in [0.1, 0.15) is 124 Å². The zero-order chi connectivity index (χ0) is 26.2. The molecule has 1 N–H and O–H groups in total. The lowest BCUT2D eigenvalue weighted by molar-refractivity contribution is -0.220. The van der Waals surface area contributed by atoms with Crippen molar-refractivity contribution in [1.29, 1.82) is 0 Å². The number of unbranched alkanes of at least 4 members (excludes halogenated alkanes) is 13. The van der Waals surface area contributed by atoms with Crippen molar-refractivity contribution in [1.82, 2.24) is 5.32 Å². The van der Waals surface area contributed by atoms with E-state index in [0.29, 0.717) is 6.61 Å². The minimum Gasteiger partial charge on any atom is -0.466 e. The third-order valence-electron chi connectivity index (χ3n) is 7.32. The number of esters is 1. The first-order valence-corrected chi connectivity index (χ1v) is 14.8. The predicted molar refractivity (Wildman–Crippen MR) is 143 cm³/mol. The van der Waals surface area contributed by atoms with Gasteiger partial charge in [-0.3, -0.25) is 4.79 Å². The molecule has 0 aromatic rings. The largest absolute Gasteiger partial charge is 0.466 e. The number of hydrogen-bond acceptors (Lipinski definition) is 7. The average molecular weight is 514 g/mol. The van der Waals surface area contributed by atoms with Crippen LogP contribution in [0.2, 0.25) is 0 Å². The molecule has 2 aliphatic rings. The Hall–Kier alpha value is -0.730. The molecule has 2 rings (SSSR count). The molecule has 5 atom stereocenters. The second-order valence-corrected chi connectivity index (χ2v) is 10.9. The van der Waals surface area contributed by atoms with Crippen LogP contribution in [0.3, 0.4) is 0 Å². The van der Waals surface area contributed by atoms with Crippen LogP contribution < -0.4 is 5.32 Å². The second-order valence-electron chi connectivity index (χ2n) is 10.9. The number of hydrogen-bond donors (Lipinski definition) is 1. The van der Waals surface area contributed by atoms with Gasteiger partial charge in [0.25, 0.3) is 0 Å². The fourth-order valence-corrected chi connectivity index (χ4v) is 5.41. The molecule has 0 aromatic heterocycles. The molecule has 1 unspecified atom stereocenters. The van der Waals surface area contributed by atoms with Crippen LogP contribution in [0, 0.1) is 0 Å². The Morgan fingerprint density at radius 3 is 1.94 bits per heavy atom. The van der Waals surface area contributed by atoms with Crippen LogP contribution in [0.25, 0.3) is 0 Å². The molecule has 0 spiro atoms. The summed E-state index contributed by atoms with van der Waals surface area (Å²) in [4.78, 5) is 12.3. The first kappa shape index (κ1) is 31.5. The van der Waals surface area contributed by atoms with Crippen molar-refractivity contribution in [3.63, 3.8) is 0 Å². The van der Waals surface area contributed by atoms with Gasteiger partial charge in [0.15, 0.2) is 12.1 Å². The molecule has 2 fully saturated rings. The number of methoxy groups -OCH3 is 1. The molecule has 7 nitrogen and oxygen atoms in total. The molecule has 2 saturated heterocycles. The number of carbonyl (C=O) groups excluding carboxylic acids is 1. The van der Waals surface area contributed by atoms with Crippen molar-refractivity contribution in [3.8, 4) is 0 Å². The van der Waals surface area contributed by atoms with Gasteiger partial charge in [-0.15, -0.1) is 0 Å². The number of nitrogens with one attached hydrogen (secondary N) is 1. The lowest BCUT2D eigenvalue weighted by atomic mass is 10.00. The highest BCUT2D eigenvalue weighted by Gasteiger charge is 2.56. The van der Waals surface area contributed by atoms with Gasteiger partial charge >= 0.3 is 5.97 Å². The second kappa shape index (κ2) is 17.7. The topological polar surface area (TPSA) is 75.3 Å². The number of ether oxygens (including phenoxy) is 5. The van der Waals surface area contributed by atoms with Crippen molar-refractivity contribution in [2.45, 2.75) is 160 Å². The molecule has 2 heterocycles. The van der Waals surface area contributed by atoms with Crippen LogP contribution in [0.15, 0.2) is 0 Å². The smallest absolute Gasteiger partial charge is 0.307 e. The Morgan fingerprint density at radius 2 is 1.42 bits per heavy atom. The SMILES string of the molecule is CCCCCCCCCCCCCCCCN[C@H](CC(=O)OCC)C1O[C@@H]2OC(C)(C)O[C@@H]2[C@H]1OC. The van der Waals surface area contributed by atoms with Crippen LogP contribution in [-0.4, -0.2) is 62.7 Å². The van der Waals surface area contributed by atoms with E-state index in [4.69, 9.17) is 23.7 Å². The Kier molecular flexibility index (Phi) is 15.5. The molecule has 36 heavy (non-hydrogen) atoms. The zero-order valence-electron chi connectivity index (χ0n) is 23.9. The molecular weight excluding hydrogens is 458 g/mol. The summed E-state index contributed by atoms with van der Waals surface area (Å²) in [5, 5.41) is 3.55. The lowest BCUT2D eigenvalue weighted by Crippen LogP contribution is -2.49. The van der Waals surface area contributed by atoms with Crippen molar-refractivity contribution >= 4 is 5.97 Å². The number of rotatable bonds is 21. The quantitative estimate of drug-likeness (QED) is 0.143. The van der Waals surface area contributed by atoms with Gasteiger partial charge in [-0.1, -0.05) is 90.4 Å². The van der Waals surface area contributed by atoms with Gasteiger partial charge in [0.2, 0.25) is 0 Å². The number of carbonyl (C=O) groups is 1. The van der Waals surface area contributed by atoms with E-state index >= 15 is 0 Å². The third kappa shape index (κ3) is 11.3. The average Bonchev–Trinajstić information content (AvgIpc) is 3.32. The van der Waals surface area contributed by atoms with E-state index in [0.717, 1.165) is 13.0 Å². The van der Waals surface area contributed by atoms with Crippen LogP contribution in [0.5, 0.6) is 0 Å². The lowest BCUT2D eigenvalue weighted by Gasteiger charge is -2.30. The summed E-state index contributed by atoms with van der Waals surface area (Å²) in [6.07, 6.45) is 17.6. The molecule has 212 valence electrons. The molecule has 0 bridgehead atoms. The summed E-state index contributed by atoms with van der Waals surface area (Å²) in [6.45, 7) is 9.06. The summed E-state index contributed by atoms with van der Waals surface area (Å²) in [5.74, 6) is -0.927. The molecule has 0 amide bonds. The highest BCUT2D eigenvalue weighted by atomic mass is 16.8. The van der Waals surface area contributed by atoms with Crippen molar-refractivity contribution in [2.24, 2.45) is 0 Å². The van der Waals surface area contributed by atoms with E-state index in [1.807, 2.05) is 20.8 Å². The van der Waals surface area contributed by atoms with Gasteiger partial charge < -0.3 is 29.0 Å². The van der Waals surface area contributed by atoms with Crippen molar-refractivity contribution in [2.75, 3.05) is 20.3 Å². The standard InChI is InChI=1S/C29H55NO6/c1-6-8-9-10-11-12-13-14-15-16-17-18-19-20-21-30-23(22-24(31)33-7-2)25-26(32-5)27-28(34-25)36-29(3,4)35-27/h23,25-28,30H,6-22H2,1-5H3/t23-,25?,26+,27-,28-/m1/s1. The Labute approximate surface area is 220 Å². The molecule has 7 heteroatoms. The summed E-state index contributed by atoms with van der Waals surface area (Å²) >= 11 is 0. The maximum Gasteiger partial charge on any atom is 0.307 e. The van der Waals surface area contributed by atoms with Gasteiger partial charge in [0, 0.05) is 13.2 Å². The van der Waals surface area contributed by atoms with E-state index in [1.165, 1.54) is 83.5 Å². The molecular formula is C29H55NO6. The maximum absolute atomic E-state index is 12.3. The minimum atomic E-state index is -0.699. The summed E-state index contributed by atoms with van der Waals surface area (Å²) < 4.78 is 29.1. The highest BCUT2D eigenvalue weighted by molar-refractivity contribution is 5.70. The Balaban J connectivity index is 1.62. The number of fused-ring (bicyclic) bond motifs is 1. The van der Waals surface area contributed by atoms with Gasteiger partial charge in [0.1, 0.15) is 18.3 Å². The first-order chi connectivity index (χ1) is 17.4. The maximum atomic E-state index is 12.3. The minimum absolute atomic E-state index is 0.211. The summed E-state index contributed by atoms with van der Waals surface area (Å²) in [6, 6.07) is -0.211. The van der Waals surface area contributed by atoms with Gasteiger partial charge in [-0.25, -0.2) is 0 Å². The molecule has 0 aromatic carbocycles. The van der Waals surface area contributed by atoms with E-state index in [2.05, 4.69) is 12.2 Å². The van der Waals surface area contributed by atoms with Crippen LogP contribution in [-0.2, 0) is 28.5 Å². The normalized spacial score (nSPS) is 25.7. The zero-order valence-corrected chi connectivity index (χ0v) is 23.9. The van der Waals surface area contributed by atoms with Crippen molar-refractivity contribution in [3.05, 3.63) is 0 Å². The molecule has 2 aliphatic heterocycles. The predicted octanol–water partition coefficient (Wildman–Crippen LogP) is 6.27. The summed E-state index contributed by atoms with van der Waals surface area (Å²) in [7, 11) is 1.66.